The van der Waals surface area contributed by atoms with Crippen molar-refractivity contribution in [3.05, 3.63) is 29.8 Å². The first kappa shape index (κ1) is 15.2. The van der Waals surface area contributed by atoms with Crippen LogP contribution in [0.4, 0.5) is 5.69 Å². The van der Waals surface area contributed by atoms with Gasteiger partial charge in [-0.3, -0.25) is 4.79 Å². The maximum atomic E-state index is 11.8. The van der Waals surface area contributed by atoms with Crippen molar-refractivity contribution in [1.29, 1.82) is 0 Å². The molecule has 1 unspecified atom stereocenters. The number of benzene rings is 1. The molecule has 0 aliphatic carbocycles. The van der Waals surface area contributed by atoms with Gasteiger partial charge in [0.25, 0.3) is 0 Å². The lowest BCUT2D eigenvalue weighted by atomic mass is 10.0. The molecule has 4 heteroatoms. The first-order chi connectivity index (χ1) is 9.06. The summed E-state index contributed by atoms with van der Waals surface area (Å²) in [7, 11) is 1.33. The van der Waals surface area contributed by atoms with Gasteiger partial charge in [0.2, 0.25) is 5.91 Å². The van der Waals surface area contributed by atoms with Crippen LogP contribution < -0.4 is 5.32 Å². The van der Waals surface area contributed by atoms with Crippen LogP contribution in [0.15, 0.2) is 24.3 Å². The Morgan fingerprint density at radius 1 is 1.37 bits per heavy atom. The molecule has 1 aromatic rings. The lowest BCUT2D eigenvalue weighted by Gasteiger charge is -2.10. The second kappa shape index (κ2) is 7.56. The SMILES string of the molecule is CCCC(C)CC(=O)Nc1cccc(C(=O)OC)c1. The van der Waals surface area contributed by atoms with Crippen LogP contribution in [-0.2, 0) is 9.53 Å². The summed E-state index contributed by atoms with van der Waals surface area (Å²) in [6, 6.07) is 6.75. The number of nitrogens with one attached hydrogen (secondary N) is 1. The molecule has 0 radical (unpaired) electrons. The third kappa shape index (κ3) is 5.12. The Balaban J connectivity index is 2.62. The Hall–Kier alpha value is -1.84. The Morgan fingerprint density at radius 2 is 2.11 bits per heavy atom. The maximum Gasteiger partial charge on any atom is 0.337 e. The largest absolute Gasteiger partial charge is 0.465 e. The van der Waals surface area contributed by atoms with E-state index in [1.807, 2.05) is 0 Å². The van der Waals surface area contributed by atoms with Crippen molar-refractivity contribution < 1.29 is 14.3 Å². The molecule has 1 amide bonds. The Morgan fingerprint density at radius 3 is 2.74 bits per heavy atom. The summed E-state index contributed by atoms with van der Waals surface area (Å²) in [6.45, 7) is 4.17. The number of carbonyl (C=O) groups excluding carboxylic acids is 2. The van der Waals surface area contributed by atoms with Crippen LogP contribution in [0.1, 0.15) is 43.5 Å². The summed E-state index contributed by atoms with van der Waals surface area (Å²) < 4.78 is 4.64. The van der Waals surface area contributed by atoms with Gasteiger partial charge < -0.3 is 10.1 Å². The average molecular weight is 263 g/mol. The molecule has 1 N–H and O–H groups in total. The second-order valence-corrected chi connectivity index (χ2v) is 4.72. The number of hydrogen-bond acceptors (Lipinski definition) is 3. The van der Waals surface area contributed by atoms with Gasteiger partial charge in [0.05, 0.1) is 12.7 Å². The molecule has 0 saturated carbocycles. The van der Waals surface area contributed by atoms with E-state index in [0.29, 0.717) is 23.6 Å². The van der Waals surface area contributed by atoms with E-state index in [2.05, 4.69) is 23.9 Å². The van der Waals surface area contributed by atoms with Crippen LogP contribution in [0.25, 0.3) is 0 Å². The number of amides is 1. The van der Waals surface area contributed by atoms with Crippen LogP contribution in [0.2, 0.25) is 0 Å². The van der Waals surface area contributed by atoms with E-state index in [9.17, 15) is 9.59 Å². The molecular formula is C15H21NO3. The first-order valence-electron chi connectivity index (χ1n) is 6.55. The molecule has 4 nitrogen and oxygen atoms in total. The summed E-state index contributed by atoms with van der Waals surface area (Å²) in [5.41, 5.74) is 1.05. The van der Waals surface area contributed by atoms with Crippen molar-refractivity contribution in [2.45, 2.75) is 33.1 Å². The molecule has 19 heavy (non-hydrogen) atoms. The van der Waals surface area contributed by atoms with Gasteiger partial charge in [-0.2, -0.15) is 0 Å². The fourth-order valence-electron chi connectivity index (χ4n) is 1.97. The van der Waals surface area contributed by atoms with Crippen LogP contribution in [-0.4, -0.2) is 19.0 Å². The van der Waals surface area contributed by atoms with Gasteiger partial charge in [-0.1, -0.05) is 32.8 Å². The zero-order chi connectivity index (χ0) is 14.3. The minimum Gasteiger partial charge on any atom is -0.465 e. The fourth-order valence-corrected chi connectivity index (χ4v) is 1.97. The zero-order valence-electron chi connectivity index (χ0n) is 11.7. The van der Waals surface area contributed by atoms with Crippen LogP contribution in [0.3, 0.4) is 0 Å². The van der Waals surface area contributed by atoms with Gasteiger partial charge in [-0.25, -0.2) is 4.79 Å². The third-order valence-electron chi connectivity index (χ3n) is 2.88. The number of methoxy groups -OCH3 is 1. The summed E-state index contributed by atoms with van der Waals surface area (Å²) in [5, 5.41) is 2.80. The van der Waals surface area contributed by atoms with Crippen molar-refractivity contribution in [2.75, 3.05) is 12.4 Å². The number of hydrogen-bond donors (Lipinski definition) is 1. The predicted molar refractivity (Wildman–Crippen MR) is 75.1 cm³/mol. The molecule has 0 aliphatic heterocycles. The van der Waals surface area contributed by atoms with E-state index in [4.69, 9.17) is 0 Å². The highest BCUT2D eigenvalue weighted by Gasteiger charge is 2.10. The zero-order valence-corrected chi connectivity index (χ0v) is 11.7. The van der Waals surface area contributed by atoms with Crippen molar-refractivity contribution in [2.24, 2.45) is 5.92 Å². The van der Waals surface area contributed by atoms with E-state index < -0.39 is 5.97 Å². The number of ether oxygens (including phenoxy) is 1. The smallest absolute Gasteiger partial charge is 0.337 e. The van der Waals surface area contributed by atoms with Gasteiger partial charge in [0, 0.05) is 12.1 Å². The third-order valence-corrected chi connectivity index (χ3v) is 2.88. The minimum absolute atomic E-state index is 0.0250. The summed E-state index contributed by atoms with van der Waals surface area (Å²) in [6.07, 6.45) is 2.61. The highest BCUT2D eigenvalue weighted by atomic mass is 16.5. The van der Waals surface area contributed by atoms with E-state index >= 15 is 0 Å². The average Bonchev–Trinajstić information content (AvgIpc) is 2.38. The molecule has 104 valence electrons. The van der Waals surface area contributed by atoms with Crippen LogP contribution in [0.5, 0.6) is 0 Å². The van der Waals surface area contributed by atoms with E-state index in [1.54, 1.807) is 24.3 Å². The number of carbonyl (C=O) groups is 2. The highest BCUT2D eigenvalue weighted by Crippen LogP contribution is 2.14. The highest BCUT2D eigenvalue weighted by molar-refractivity contribution is 5.94. The molecule has 0 aromatic heterocycles. The number of esters is 1. The standard InChI is InChI=1S/C15H21NO3/c1-4-6-11(2)9-14(17)16-13-8-5-7-12(10-13)15(18)19-3/h5,7-8,10-11H,4,6,9H2,1-3H3,(H,16,17). The topological polar surface area (TPSA) is 55.4 Å². The van der Waals surface area contributed by atoms with Gasteiger partial charge in [0.1, 0.15) is 0 Å². The van der Waals surface area contributed by atoms with Crippen molar-refractivity contribution >= 4 is 17.6 Å². The van der Waals surface area contributed by atoms with Crippen molar-refractivity contribution in [1.82, 2.24) is 0 Å². The van der Waals surface area contributed by atoms with E-state index in [-0.39, 0.29) is 5.91 Å². The Labute approximate surface area is 114 Å². The molecule has 1 rings (SSSR count). The van der Waals surface area contributed by atoms with Crippen LogP contribution >= 0.6 is 0 Å². The molecule has 0 bridgehead atoms. The Bertz CT molecular complexity index is 443. The molecule has 1 aromatic carbocycles. The monoisotopic (exact) mass is 263 g/mol. The molecule has 0 spiro atoms. The molecule has 0 heterocycles. The molecule has 1 atom stereocenters. The van der Waals surface area contributed by atoms with Gasteiger partial charge in [0.15, 0.2) is 0 Å². The normalized spacial score (nSPS) is 11.7. The first-order valence-corrected chi connectivity index (χ1v) is 6.55. The fraction of sp³-hybridized carbons (Fsp3) is 0.467. The summed E-state index contributed by atoms with van der Waals surface area (Å²) >= 11 is 0. The lowest BCUT2D eigenvalue weighted by Crippen LogP contribution is -2.15. The quantitative estimate of drug-likeness (QED) is 0.802. The molecular weight excluding hydrogens is 242 g/mol. The predicted octanol–water partition coefficient (Wildman–Crippen LogP) is 3.24. The van der Waals surface area contributed by atoms with Crippen molar-refractivity contribution in [3.8, 4) is 0 Å². The lowest BCUT2D eigenvalue weighted by molar-refractivity contribution is -0.117. The number of anilines is 1. The van der Waals surface area contributed by atoms with E-state index in [0.717, 1.165) is 12.8 Å². The number of rotatable bonds is 6. The van der Waals surface area contributed by atoms with Crippen LogP contribution in [0, 0.1) is 5.92 Å². The Kier molecular flexibility index (Phi) is 6.06. The van der Waals surface area contributed by atoms with Crippen molar-refractivity contribution in [3.63, 3.8) is 0 Å². The van der Waals surface area contributed by atoms with Gasteiger partial charge in [-0.15, -0.1) is 0 Å². The van der Waals surface area contributed by atoms with Gasteiger partial charge >= 0.3 is 5.97 Å². The van der Waals surface area contributed by atoms with Gasteiger partial charge in [-0.05, 0) is 24.1 Å². The molecule has 0 fully saturated rings. The summed E-state index contributed by atoms with van der Waals surface area (Å²) in [5.74, 6) is -0.0628. The minimum atomic E-state index is -0.407. The second-order valence-electron chi connectivity index (χ2n) is 4.72. The maximum absolute atomic E-state index is 11.8. The molecule has 0 aliphatic rings. The summed E-state index contributed by atoms with van der Waals surface area (Å²) in [4.78, 5) is 23.2. The molecule has 0 saturated heterocycles. The van der Waals surface area contributed by atoms with E-state index in [1.165, 1.54) is 7.11 Å².